The third-order valence-corrected chi connectivity index (χ3v) is 7.43. The van der Waals surface area contributed by atoms with Crippen molar-refractivity contribution in [2.75, 3.05) is 6.54 Å². The molecule has 0 bridgehead atoms. The van der Waals surface area contributed by atoms with Crippen LogP contribution in [0.3, 0.4) is 0 Å². The van der Waals surface area contributed by atoms with Gasteiger partial charge in [0, 0.05) is 13.0 Å². The van der Waals surface area contributed by atoms with E-state index >= 15 is 0 Å². The number of hydrogen-bond donors (Lipinski definition) is 0. The largest absolute Gasteiger partial charge is 0.332 e. The minimum Gasteiger partial charge on any atom is -0.332 e. The molecule has 1 aromatic heterocycles. The Morgan fingerprint density at radius 2 is 1.59 bits per heavy atom. The summed E-state index contributed by atoms with van der Waals surface area (Å²) in [5, 5.41) is 2.71. The number of nitrogens with zero attached hydrogens (tertiary/aromatic N) is 3. The molecular weight excluding hydrogens is 482 g/mol. The average molecular weight is 518 g/mol. The van der Waals surface area contributed by atoms with Crippen LogP contribution < -0.4 is 5.56 Å². The van der Waals surface area contributed by atoms with E-state index in [0.29, 0.717) is 29.7 Å². The van der Waals surface area contributed by atoms with Gasteiger partial charge in [-0.1, -0.05) is 92.6 Å². The number of benzene rings is 4. The Kier molecular flexibility index (Phi) is 8.16. The lowest BCUT2D eigenvalue weighted by Crippen LogP contribution is -2.38. The molecule has 0 spiro atoms. The predicted octanol–water partition coefficient (Wildman–Crippen LogP) is 7.25. The number of carbonyl (C=O) groups is 1. The fourth-order valence-electron chi connectivity index (χ4n) is 5.23. The van der Waals surface area contributed by atoms with Gasteiger partial charge in [0.25, 0.3) is 5.56 Å². The molecule has 1 unspecified atom stereocenters. The van der Waals surface area contributed by atoms with E-state index in [-0.39, 0.29) is 11.5 Å². The molecule has 0 saturated heterocycles. The summed E-state index contributed by atoms with van der Waals surface area (Å²) in [6, 6.07) is 31.4. The van der Waals surface area contributed by atoms with Crippen LogP contribution in [0.25, 0.3) is 27.4 Å². The summed E-state index contributed by atoms with van der Waals surface area (Å²) in [5.74, 6) is 0.672. The molecule has 1 atom stereocenters. The summed E-state index contributed by atoms with van der Waals surface area (Å²) in [5.41, 5.74) is 2.44. The lowest BCUT2D eigenvalue weighted by atomic mass is 10.1. The van der Waals surface area contributed by atoms with Gasteiger partial charge in [-0.2, -0.15) is 0 Å². The van der Waals surface area contributed by atoms with E-state index in [9.17, 15) is 9.59 Å². The van der Waals surface area contributed by atoms with Crippen LogP contribution in [0.2, 0.25) is 0 Å². The van der Waals surface area contributed by atoms with Gasteiger partial charge >= 0.3 is 0 Å². The number of amides is 1. The molecule has 0 aliphatic heterocycles. The Balaban J connectivity index is 1.61. The zero-order chi connectivity index (χ0) is 27.2. The van der Waals surface area contributed by atoms with Crippen LogP contribution in [-0.2, 0) is 11.2 Å². The zero-order valence-corrected chi connectivity index (χ0v) is 22.7. The van der Waals surface area contributed by atoms with Gasteiger partial charge in [0.15, 0.2) is 0 Å². The number of carbonyl (C=O) groups excluding carboxylic acids is 1. The summed E-state index contributed by atoms with van der Waals surface area (Å²) >= 11 is 0. The molecular formula is C34H35N3O2. The molecule has 198 valence electrons. The van der Waals surface area contributed by atoms with Crippen LogP contribution in [0.1, 0.15) is 57.0 Å². The van der Waals surface area contributed by atoms with Crippen molar-refractivity contribution in [2.45, 2.75) is 52.0 Å². The Labute approximate surface area is 229 Å². The number of rotatable bonds is 10. The minimum absolute atomic E-state index is 0.0966. The molecule has 5 aromatic rings. The molecule has 4 aromatic carbocycles. The van der Waals surface area contributed by atoms with Crippen LogP contribution >= 0.6 is 0 Å². The number of fused-ring (bicyclic) bond motifs is 2. The number of hydrogen-bond acceptors (Lipinski definition) is 3. The predicted molar refractivity (Wildman–Crippen MR) is 159 cm³/mol. The van der Waals surface area contributed by atoms with Crippen molar-refractivity contribution >= 4 is 27.6 Å². The summed E-state index contributed by atoms with van der Waals surface area (Å²) in [4.78, 5) is 34.6. The summed E-state index contributed by atoms with van der Waals surface area (Å²) < 4.78 is 1.70. The first-order chi connectivity index (χ1) is 19.1. The third-order valence-electron chi connectivity index (χ3n) is 7.43. The lowest BCUT2D eigenvalue weighted by Gasteiger charge is -2.31. The Hall–Kier alpha value is -4.25. The van der Waals surface area contributed by atoms with E-state index in [2.05, 4.69) is 25.1 Å². The van der Waals surface area contributed by atoms with Crippen LogP contribution in [-0.4, -0.2) is 26.9 Å². The molecule has 5 rings (SSSR count). The average Bonchev–Trinajstić information content (AvgIpc) is 2.97. The lowest BCUT2D eigenvalue weighted by molar-refractivity contribution is -0.133. The summed E-state index contributed by atoms with van der Waals surface area (Å²) in [6.45, 7) is 4.69. The molecule has 0 aliphatic carbocycles. The van der Waals surface area contributed by atoms with Crippen molar-refractivity contribution in [3.63, 3.8) is 0 Å². The van der Waals surface area contributed by atoms with E-state index in [1.165, 1.54) is 5.56 Å². The van der Waals surface area contributed by atoms with Gasteiger partial charge in [0.2, 0.25) is 5.91 Å². The van der Waals surface area contributed by atoms with Crippen LogP contribution in [0, 0.1) is 0 Å². The highest BCUT2D eigenvalue weighted by molar-refractivity contribution is 5.85. The number of para-hydroxylation sites is 1. The highest BCUT2D eigenvalue weighted by Crippen LogP contribution is 2.26. The van der Waals surface area contributed by atoms with E-state index in [1.807, 2.05) is 90.7 Å². The van der Waals surface area contributed by atoms with E-state index in [4.69, 9.17) is 4.98 Å². The van der Waals surface area contributed by atoms with Gasteiger partial charge in [0.1, 0.15) is 5.82 Å². The number of unbranched alkanes of at least 4 members (excludes halogenated alkanes) is 2. The van der Waals surface area contributed by atoms with Crippen molar-refractivity contribution in [2.24, 2.45) is 0 Å². The summed E-state index contributed by atoms with van der Waals surface area (Å²) in [6.07, 6.45) is 4.15. The Bertz CT molecular complexity index is 1640. The van der Waals surface area contributed by atoms with E-state index in [0.717, 1.165) is 42.1 Å². The van der Waals surface area contributed by atoms with Gasteiger partial charge in [-0.05, 0) is 60.4 Å². The second-order valence-corrected chi connectivity index (χ2v) is 10.1. The van der Waals surface area contributed by atoms with Gasteiger partial charge < -0.3 is 4.90 Å². The first-order valence-corrected chi connectivity index (χ1v) is 13.9. The highest BCUT2D eigenvalue weighted by Gasteiger charge is 2.26. The molecule has 5 nitrogen and oxygen atoms in total. The topological polar surface area (TPSA) is 55.2 Å². The fraction of sp³-hybridized carbons (Fsp3) is 0.265. The van der Waals surface area contributed by atoms with Gasteiger partial charge in [-0.3, -0.25) is 14.2 Å². The van der Waals surface area contributed by atoms with Crippen molar-refractivity contribution in [1.82, 2.24) is 14.5 Å². The maximum Gasteiger partial charge on any atom is 0.266 e. The van der Waals surface area contributed by atoms with Crippen molar-refractivity contribution in [3.8, 4) is 5.69 Å². The third kappa shape index (κ3) is 5.78. The van der Waals surface area contributed by atoms with Gasteiger partial charge in [0.05, 0.1) is 22.6 Å². The maximum atomic E-state index is 14.0. The van der Waals surface area contributed by atoms with Crippen LogP contribution in [0.4, 0.5) is 0 Å². The van der Waals surface area contributed by atoms with Gasteiger partial charge in [-0.25, -0.2) is 4.98 Å². The van der Waals surface area contributed by atoms with Crippen LogP contribution in [0.5, 0.6) is 0 Å². The fourth-order valence-corrected chi connectivity index (χ4v) is 5.23. The first kappa shape index (κ1) is 26.4. The monoisotopic (exact) mass is 517 g/mol. The van der Waals surface area contributed by atoms with Crippen molar-refractivity contribution < 1.29 is 4.79 Å². The molecule has 0 N–H and O–H groups in total. The van der Waals surface area contributed by atoms with Crippen molar-refractivity contribution in [3.05, 3.63) is 119 Å². The highest BCUT2D eigenvalue weighted by atomic mass is 16.2. The molecule has 1 amide bonds. The first-order valence-electron chi connectivity index (χ1n) is 13.9. The molecule has 0 aliphatic rings. The maximum absolute atomic E-state index is 14.0. The molecule has 5 heteroatoms. The Morgan fingerprint density at radius 1 is 0.872 bits per heavy atom. The zero-order valence-electron chi connectivity index (χ0n) is 22.7. The molecule has 0 radical (unpaired) electrons. The van der Waals surface area contributed by atoms with Crippen molar-refractivity contribution in [1.29, 1.82) is 0 Å². The standard InChI is InChI=1S/C34H35N3O2/c1-3-4-6-19-32(38)36(23-22-26-13-7-5-8-14-26)25(2)33-35-31-18-12-11-17-30(31)34(39)37(33)29-21-20-27-15-9-10-16-28(27)24-29/h5,7-18,20-21,24-25H,3-4,6,19,22-23H2,1-2H3. The molecule has 39 heavy (non-hydrogen) atoms. The SMILES string of the molecule is CCCCCC(=O)N(CCc1ccccc1)C(C)c1nc2ccccc2c(=O)n1-c1ccc2ccccc2c1. The number of aromatic nitrogens is 2. The molecule has 0 fully saturated rings. The minimum atomic E-state index is -0.397. The summed E-state index contributed by atoms with van der Waals surface area (Å²) in [7, 11) is 0. The smallest absolute Gasteiger partial charge is 0.266 e. The van der Waals surface area contributed by atoms with E-state index < -0.39 is 6.04 Å². The second kappa shape index (κ2) is 12.1. The quantitative estimate of drug-likeness (QED) is 0.183. The molecule has 1 heterocycles. The van der Waals surface area contributed by atoms with Gasteiger partial charge in [-0.15, -0.1) is 0 Å². The van der Waals surface area contributed by atoms with Crippen LogP contribution in [0.15, 0.2) is 102 Å². The molecule has 0 saturated carbocycles. The second-order valence-electron chi connectivity index (χ2n) is 10.1. The van der Waals surface area contributed by atoms with E-state index in [1.54, 1.807) is 4.57 Å². The Morgan fingerprint density at radius 3 is 2.38 bits per heavy atom. The normalized spacial score (nSPS) is 12.1.